The minimum atomic E-state index is -1.87. The van der Waals surface area contributed by atoms with Crippen molar-refractivity contribution < 1.29 is 23.5 Å². The average molecular weight is 544 g/mol. The summed E-state index contributed by atoms with van der Waals surface area (Å²) >= 11 is 0. The van der Waals surface area contributed by atoms with Gasteiger partial charge in [0.15, 0.2) is 0 Å². The summed E-state index contributed by atoms with van der Waals surface area (Å²) in [5.74, 6) is 2.39. The number of hydrogen-bond acceptors (Lipinski definition) is 5. The quantitative estimate of drug-likeness (QED) is 0.310. The number of carbonyl (C=O) groups excluding carboxylic acids is 2. The van der Waals surface area contributed by atoms with Gasteiger partial charge in [-0.3, -0.25) is 4.79 Å². The topological polar surface area (TPSA) is 73.9 Å². The van der Waals surface area contributed by atoms with Gasteiger partial charge < -0.3 is 19.2 Å². The molecule has 0 radical (unpaired) electrons. The van der Waals surface area contributed by atoms with Crippen molar-refractivity contribution in [3.05, 3.63) is 29.3 Å². The molecule has 2 saturated carbocycles. The fraction of sp³-hybridized carbons (Fsp3) is 0.742. The van der Waals surface area contributed by atoms with E-state index in [1.54, 1.807) is 20.8 Å². The zero-order valence-corrected chi connectivity index (χ0v) is 26.0. The van der Waals surface area contributed by atoms with Crippen LogP contribution in [0.3, 0.4) is 0 Å². The highest BCUT2D eigenvalue weighted by Crippen LogP contribution is 2.61. The minimum Gasteiger partial charge on any atom is -0.543 e. The van der Waals surface area contributed by atoms with Gasteiger partial charge in [0.05, 0.1) is 0 Å². The van der Waals surface area contributed by atoms with Gasteiger partial charge in [-0.2, -0.15) is 0 Å². The van der Waals surface area contributed by atoms with Crippen LogP contribution in [0.25, 0.3) is 0 Å². The largest absolute Gasteiger partial charge is 0.543 e. The number of carbonyl (C=O) groups is 2. The Morgan fingerprint density at radius 2 is 1.76 bits per heavy atom. The molecule has 0 saturated heterocycles. The highest BCUT2D eigenvalue weighted by molar-refractivity contribution is 6.74. The van der Waals surface area contributed by atoms with E-state index in [2.05, 4.69) is 64.3 Å². The van der Waals surface area contributed by atoms with Gasteiger partial charge in [-0.1, -0.05) is 33.8 Å². The fourth-order valence-corrected chi connectivity index (χ4v) is 7.90. The smallest absolute Gasteiger partial charge is 0.408 e. The van der Waals surface area contributed by atoms with Crippen LogP contribution in [-0.2, 0) is 20.7 Å². The lowest BCUT2D eigenvalue weighted by Crippen LogP contribution is -2.46. The molecule has 1 N–H and O–H groups in total. The van der Waals surface area contributed by atoms with E-state index in [0.717, 1.165) is 37.9 Å². The van der Waals surface area contributed by atoms with Gasteiger partial charge in [-0.25, -0.2) is 4.79 Å². The number of alkyl carbamates (subject to hydrolysis) is 1. The maximum Gasteiger partial charge on any atom is 0.408 e. The number of hydrogen-bond donors (Lipinski definition) is 1. The Hall–Kier alpha value is -2.02. The van der Waals surface area contributed by atoms with Crippen molar-refractivity contribution in [1.82, 2.24) is 5.32 Å². The maximum absolute atomic E-state index is 12.6. The lowest BCUT2D eigenvalue weighted by molar-refractivity contribution is -0.156. The standard InChI is InChI=1S/C31H49NO5Si/c1-29(2,3)36-28(34)32-19-27(33)35-26-15-14-25-24-12-10-20-18-21(37-38(8,9)30(4,5)6)11-13-22(20)23(24)16-17-31(25,26)7/h11,13,18,23-26H,10,12,14-17,19H2,1-9H3,(H,32,34)/t23?,24?,25?,26-,31-/m0/s1. The van der Waals surface area contributed by atoms with E-state index in [1.165, 1.54) is 17.5 Å². The van der Waals surface area contributed by atoms with Gasteiger partial charge in [-0.05, 0) is 118 Å². The Morgan fingerprint density at radius 1 is 1.05 bits per heavy atom. The second-order valence-electron chi connectivity index (χ2n) is 14.6. The molecule has 1 aromatic rings. The van der Waals surface area contributed by atoms with Crippen molar-refractivity contribution in [2.75, 3.05) is 6.54 Å². The van der Waals surface area contributed by atoms with E-state index in [1.807, 2.05) is 0 Å². The fourth-order valence-electron chi connectivity index (χ4n) is 6.87. The number of esters is 1. The molecule has 0 bridgehead atoms. The van der Waals surface area contributed by atoms with E-state index in [0.29, 0.717) is 17.8 Å². The van der Waals surface area contributed by atoms with Crippen LogP contribution in [0.4, 0.5) is 4.79 Å². The number of ether oxygens (including phenoxy) is 2. The summed E-state index contributed by atoms with van der Waals surface area (Å²) in [5.41, 5.74) is 2.36. The number of rotatable bonds is 5. The van der Waals surface area contributed by atoms with E-state index in [-0.39, 0.29) is 29.1 Å². The van der Waals surface area contributed by atoms with E-state index in [4.69, 9.17) is 13.9 Å². The third kappa shape index (κ3) is 5.92. The second-order valence-corrected chi connectivity index (χ2v) is 19.3. The van der Waals surface area contributed by atoms with Crippen LogP contribution >= 0.6 is 0 Å². The van der Waals surface area contributed by atoms with Gasteiger partial charge >= 0.3 is 12.1 Å². The van der Waals surface area contributed by atoms with Crippen molar-refractivity contribution in [2.45, 2.75) is 123 Å². The van der Waals surface area contributed by atoms with Gasteiger partial charge in [0.25, 0.3) is 0 Å². The summed E-state index contributed by atoms with van der Waals surface area (Å²) in [4.78, 5) is 24.6. The van der Waals surface area contributed by atoms with Crippen molar-refractivity contribution in [3.8, 4) is 5.75 Å². The summed E-state index contributed by atoms with van der Waals surface area (Å²) in [6.07, 6.45) is 5.75. The van der Waals surface area contributed by atoms with Crippen LogP contribution in [0.15, 0.2) is 18.2 Å². The molecule has 2 fully saturated rings. The first-order valence-corrected chi connectivity index (χ1v) is 17.4. The summed E-state index contributed by atoms with van der Waals surface area (Å²) in [6, 6.07) is 6.86. The molecule has 0 heterocycles. The molecule has 4 rings (SSSR count). The lowest BCUT2D eigenvalue weighted by Gasteiger charge is -2.50. The molecule has 3 unspecified atom stereocenters. The van der Waals surface area contributed by atoms with E-state index in [9.17, 15) is 9.59 Å². The van der Waals surface area contributed by atoms with Crippen LogP contribution in [0.5, 0.6) is 5.75 Å². The Bertz CT molecular complexity index is 1060. The summed E-state index contributed by atoms with van der Waals surface area (Å²) in [7, 11) is -1.87. The Morgan fingerprint density at radius 3 is 2.42 bits per heavy atom. The van der Waals surface area contributed by atoms with E-state index < -0.39 is 20.0 Å². The molecule has 1 amide bonds. The summed E-state index contributed by atoms with van der Waals surface area (Å²) in [5, 5.41) is 2.71. The zero-order valence-electron chi connectivity index (χ0n) is 25.0. The average Bonchev–Trinajstić information content (AvgIpc) is 3.11. The number of fused-ring (bicyclic) bond motifs is 5. The first kappa shape index (κ1) is 29.0. The Labute approximate surface area is 230 Å². The lowest BCUT2D eigenvalue weighted by atomic mass is 9.55. The van der Waals surface area contributed by atoms with Gasteiger partial charge in [0.1, 0.15) is 24.0 Å². The monoisotopic (exact) mass is 543 g/mol. The van der Waals surface area contributed by atoms with Crippen molar-refractivity contribution >= 4 is 20.4 Å². The second kappa shape index (κ2) is 10.2. The molecule has 0 aliphatic heterocycles. The Balaban J connectivity index is 1.40. The van der Waals surface area contributed by atoms with E-state index >= 15 is 0 Å². The molecule has 212 valence electrons. The van der Waals surface area contributed by atoms with Crippen LogP contribution in [0, 0.1) is 17.3 Å². The molecule has 6 nitrogen and oxygen atoms in total. The third-order valence-corrected chi connectivity index (χ3v) is 14.2. The Kier molecular flexibility index (Phi) is 7.76. The zero-order chi connectivity index (χ0) is 28.1. The van der Waals surface area contributed by atoms with Gasteiger partial charge in [0.2, 0.25) is 8.32 Å². The van der Waals surface area contributed by atoms with Crippen molar-refractivity contribution in [3.63, 3.8) is 0 Å². The first-order chi connectivity index (χ1) is 17.5. The molecule has 0 aromatic heterocycles. The van der Waals surface area contributed by atoms with Crippen LogP contribution in [0.2, 0.25) is 18.1 Å². The molecule has 38 heavy (non-hydrogen) atoms. The molecular formula is C31H49NO5Si. The molecule has 1 aromatic carbocycles. The number of nitrogens with one attached hydrogen (secondary N) is 1. The predicted molar refractivity (Wildman–Crippen MR) is 153 cm³/mol. The number of aryl methyl sites for hydroxylation is 1. The van der Waals surface area contributed by atoms with Crippen LogP contribution in [0.1, 0.15) is 97.6 Å². The summed E-state index contributed by atoms with van der Waals surface area (Å²) in [6.45, 7) is 19.0. The molecule has 0 spiro atoms. The SMILES string of the molecule is CC(C)(C)OC(=O)NCC(=O)O[C@H]1CCC2C3CCc4cc(O[Si](C)(C)C(C)(C)C)ccc4C3CC[C@@]21C. The molecule has 3 aliphatic carbocycles. The highest BCUT2D eigenvalue weighted by atomic mass is 28.4. The van der Waals surface area contributed by atoms with Crippen molar-refractivity contribution in [2.24, 2.45) is 17.3 Å². The van der Waals surface area contributed by atoms with Gasteiger partial charge in [-0.15, -0.1) is 0 Å². The van der Waals surface area contributed by atoms with Crippen molar-refractivity contribution in [1.29, 1.82) is 0 Å². The highest BCUT2D eigenvalue weighted by Gasteiger charge is 2.56. The minimum absolute atomic E-state index is 0.00830. The molecular weight excluding hydrogens is 494 g/mol. The van der Waals surface area contributed by atoms with Crippen LogP contribution in [-0.4, -0.2) is 38.6 Å². The first-order valence-electron chi connectivity index (χ1n) is 14.5. The summed E-state index contributed by atoms with van der Waals surface area (Å²) < 4.78 is 17.8. The molecule has 7 heteroatoms. The number of benzene rings is 1. The van der Waals surface area contributed by atoms with Gasteiger partial charge in [0, 0.05) is 5.41 Å². The predicted octanol–water partition coefficient (Wildman–Crippen LogP) is 7.36. The van der Waals surface area contributed by atoms with Crippen LogP contribution < -0.4 is 9.74 Å². The molecule has 5 atom stereocenters. The number of amides is 1. The third-order valence-electron chi connectivity index (χ3n) is 9.84. The molecule has 3 aliphatic rings. The normalized spacial score (nSPS) is 29.0. The maximum atomic E-state index is 12.6.